The molecule has 0 spiro atoms. The predicted octanol–water partition coefficient (Wildman–Crippen LogP) is 3.36. The summed E-state index contributed by atoms with van der Waals surface area (Å²) in [5, 5.41) is 9.07. The quantitative estimate of drug-likeness (QED) is 0.571. The fourth-order valence-corrected chi connectivity index (χ4v) is 1.43. The number of aromatic hydroxyl groups is 1. The summed E-state index contributed by atoms with van der Waals surface area (Å²) < 4.78 is 0. The number of carbonyl (C=O) groups excluding carboxylic acids is 1. The lowest BCUT2D eigenvalue weighted by Gasteiger charge is -2.01. The second-order valence-electron chi connectivity index (χ2n) is 3.63. The Morgan fingerprint density at radius 3 is 2.40 bits per heavy atom. The van der Waals surface area contributed by atoms with Gasteiger partial charge in [-0.15, -0.1) is 0 Å². The van der Waals surface area contributed by atoms with E-state index in [9.17, 15) is 4.79 Å². The van der Waals surface area contributed by atoms with Gasteiger partial charge in [-0.05, 0) is 30.7 Å². The van der Waals surface area contributed by atoms with Gasteiger partial charge in [0.2, 0.25) is 0 Å². The number of Topliss-reactive ketones (excluding diaryl/α,β-unsaturated/α-hetero) is 1. The fraction of sp³-hybridized carbons (Fsp3) is 0.385. The van der Waals surface area contributed by atoms with Crippen molar-refractivity contribution in [3.63, 3.8) is 0 Å². The molecule has 0 saturated heterocycles. The van der Waals surface area contributed by atoms with Gasteiger partial charge in [0.1, 0.15) is 5.75 Å². The molecule has 2 nitrogen and oxygen atoms in total. The summed E-state index contributed by atoms with van der Waals surface area (Å²) >= 11 is 0. The fourth-order valence-electron chi connectivity index (χ4n) is 1.43. The molecule has 0 aromatic heterocycles. The summed E-state index contributed by atoms with van der Waals surface area (Å²) in [5.41, 5.74) is 0.683. The SMILES string of the molecule is [CH2]CCCCCC(=O)c1ccc(O)cc1. The summed E-state index contributed by atoms with van der Waals surface area (Å²) in [4.78, 5) is 11.6. The zero-order valence-corrected chi connectivity index (χ0v) is 8.91. The van der Waals surface area contributed by atoms with E-state index < -0.39 is 0 Å². The standard InChI is InChI=1S/C13H17O2/c1-2-3-4-5-6-13(15)11-7-9-12(14)10-8-11/h7-10,14H,1-6H2. The van der Waals surface area contributed by atoms with Crippen molar-refractivity contribution in [3.8, 4) is 5.75 Å². The number of unbranched alkanes of at least 4 members (excludes halogenated alkanes) is 3. The van der Waals surface area contributed by atoms with Gasteiger partial charge in [-0.1, -0.05) is 26.2 Å². The average molecular weight is 205 g/mol. The first kappa shape index (κ1) is 11.8. The molecule has 1 aromatic carbocycles. The molecule has 0 aliphatic rings. The first-order valence-electron chi connectivity index (χ1n) is 5.35. The van der Waals surface area contributed by atoms with E-state index in [1.165, 1.54) is 0 Å². The molecule has 0 aliphatic heterocycles. The highest BCUT2D eigenvalue weighted by atomic mass is 16.3. The normalized spacial score (nSPS) is 10.2. The van der Waals surface area contributed by atoms with Gasteiger partial charge in [0, 0.05) is 12.0 Å². The molecule has 0 heterocycles. The molecular weight excluding hydrogens is 188 g/mol. The minimum Gasteiger partial charge on any atom is -0.508 e. The van der Waals surface area contributed by atoms with Crippen molar-refractivity contribution >= 4 is 5.78 Å². The van der Waals surface area contributed by atoms with Crippen LogP contribution in [-0.2, 0) is 0 Å². The molecule has 1 radical (unpaired) electrons. The van der Waals surface area contributed by atoms with Gasteiger partial charge >= 0.3 is 0 Å². The van der Waals surface area contributed by atoms with E-state index in [1.54, 1.807) is 24.3 Å². The van der Waals surface area contributed by atoms with E-state index in [4.69, 9.17) is 5.11 Å². The molecule has 1 N–H and O–H groups in total. The van der Waals surface area contributed by atoms with Crippen LogP contribution in [0.15, 0.2) is 24.3 Å². The minimum absolute atomic E-state index is 0.152. The third-order valence-corrected chi connectivity index (χ3v) is 2.34. The lowest BCUT2D eigenvalue weighted by Crippen LogP contribution is -1.98. The van der Waals surface area contributed by atoms with Crippen LogP contribution in [0.1, 0.15) is 42.5 Å². The first-order valence-corrected chi connectivity index (χ1v) is 5.35. The van der Waals surface area contributed by atoms with Crippen LogP contribution >= 0.6 is 0 Å². The van der Waals surface area contributed by atoms with Gasteiger partial charge < -0.3 is 5.11 Å². The van der Waals surface area contributed by atoms with Crippen molar-refractivity contribution in [2.75, 3.05) is 0 Å². The molecule has 81 valence electrons. The van der Waals surface area contributed by atoms with Crippen LogP contribution in [0.2, 0.25) is 0 Å². The molecule has 0 bridgehead atoms. The topological polar surface area (TPSA) is 37.3 Å². The van der Waals surface area contributed by atoms with Gasteiger partial charge in [-0.2, -0.15) is 0 Å². The third-order valence-electron chi connectivity index (χ3n) is 2.34. The first-order chi connectivity index (χ1) is 7.24. The second-order valence-corrected chi connectivity index (χ2v) is 3.63. The maximum atomic E-state index is 11.6. The summed E-state index contributed by atoms with van der Waals surface area (Å²) in [6.07, 6.45) is 4.60. The van der Waals surface area contributed by atoms with E-state index in [-0.39, 0.29) is 11.5 Å². The Balaban J connectivity index is 2.37. The van der Waals surface area contributed by atoms with Crippen LogP contribution in [0.5, 0.6) is 5.75 Å². The van der Waals surface area contributed by atoms with Crippen LogP contribution in [0.25, 0.3) is 0 Å². The van der Waals surface area contributed by atoms with Gasteiger partial charge in [0.05, 0.1) is 0 Å². The third kappa shape index (κ3) is 4.15. The van der Waals surface area contributed by atoms with E-state index in [1.807, 2.05) is 0 Å². The van der Waals surface area contributed by atoms with E-state index in [0.717, 1.165) is 25.7 Å². The second kappa shape index (κ2) is 6.23. The summed E-state index contributed by atoms with van der Waals surface area (Å²) in [5.74, 6) is 0.350. The predicted molar refractivity (Wildman–Crippen MR) is 60.9 cm³/mol. The molecule has 0 fully saturated rings. The van der Waals surface area contributed by atoms with Gasteiger partial charge in [0.25, 0.3) is 0 Å². The number of benzene rings is 1. The molecule has 15 heavy (non-hydrogen) atoms. The smallest absolute Gasteiger partial charge is 0.162 e. The van der Waals surface area contributed by atoms with Crippen LogP contribution < -0.4 is 0 Å². The van der Waals surface area contributed by atoms with Crippen LogP contribution in [0.3, 0.4) is 0 Å². The van der Waals surface area contributed by atoms with Gasteiger partial charge in [-0.3, -0.25) is 4.79 Å². The van der Waals surface area contributed by atoms with E-state index in [2.05, 4.69) is 6.92 Å². The molecule has 0 atom stereocenters. The number of phenolic OH excluding ortho intramolecular Hbond substituents is 1. The number of hydrogen-bond donors (Lipinski definition) is 1. The maximum absolute atomic E-state index is 11.6. The number of hydrogen-bond acceptors (Lipinski definition) is 2. The maximum Gasteiger partial charge on any atom is 0.162 e. The van der Waals surface area contributed by atoms with Gasteiger partial charge in [-0.25, -0.2) is 0 Å². The summed E-state index contributed by atoms with van der Waals surface area (Å²) in [6.45, 7) is 3.76. The number of ketones is 1. The summed E-state index contributed by atoms with van der Waals surface area (Å²) in [6, 6.07) is 6.42. The summed E-state index contributed by atoms with van der Waals surface area (Å²) in [7, 11) is 0. The Bertz CT molecular complexity index is 301. The highest BCUT2D eigenvalue weighted by Gasteiger charge is 2.04. The molecular formula is C13H17O2. The van der Waals surface area contributed by atoms with E-state index in [0.29, 0.717) is 12.0 Å². The number of carbonyl (C=O) groups is 1. The molecule has 2 heteroatoms. The van der Waals surface area contributed by atoms with Crippen molar-refractivity contribution in [3.05, 3.63) is 36.8 Å². The Morgan fingerprint density at radius 2 is 1.80 bits per heavy atom. The monoisotopic (exact) mass is 205 g/mol. The highest BCUT2D eigenvalue weighted by Crippen LogP contribution is 2.13. The molecule has 1 rings (SSSR count). The molecule has 1 aromatic rings. The lowest BCUT2D eigenvalue weighted by atomic mass is 10.0. The molecule has 0 unspecified atom stereocenters. The van der Waals surface area contributed by atoms with Crippen molar-refractivity contribution in [2.24, 2.45) is 0 Å². The van der Waals surface area contributed by atoms with Crippen molar-refractivity contribution in [2.45, 2.75) is 32.1 Å². The Hall–Kier alpha value is -1.31. The zero-order chi connectivity index (χ0) is 11.1. The molecule has 0 amide bonds. The van der Waals surface area contributed by atoms with E-state index >= 15 is 0 Å². The van der Waals surface area contributed by atoms with Crippen LogP contribution in [0.4, 0.5) is 0 Å². The van der Waals surface area contributed by atoms with Crippen molar-refractivity contribution in [1.82, 2.24) is 0 Å². The van der Waals surface area contributed by atoms with Crippen molar-refractivity contribution in [1.29, 1.82) is 0 Å². The molecule has 0 aliphatic carbocycles. The Labute approximate surface area is 90.9 Å². The van der Waals surface area contributed by atoms with Crippen LogP contribution in [-0.4, -0.2) is 10.9 Å². The van der Waals surface area contributed by atoms with Crippen LogP contribution in [0, 0.1) is 6.92 Å². The lowest BCUT2D eigenvalue weighted by molar-refractivity contribution is 0.0979. The number of rotatable bonds is 6. The Morgan fingerprint density at radius 1 is 1.13 bits per heavy atom. The Kier molecular flexibility index (Phi) is 4.88. The number of phenols is 1. The molecule has 0 saturated carbocycles. The van der Waals surface area contributed by atoms with Gasteiger partial charge in [0.15, 0.2) is 5.78 Å². The highest BCUT2D eigenvalue weighted by molar-refractivity contribution is 5.96. The van der Waals surface area contributed by atoms with Crippen molar-refractivity contribution < 1.29 is 9.90 Å². The largest absolute Gasteiger partial charge is 0.508 e. The minimum atomic E-state index is 0.152. The average Bonchev–Trinajstić information content (AvgIpc) is 2.25. The zero-order valence-electron chi connectivity index (χ0n) is 8.91.